The number of aryl methyl sites for hydroxylation is 1. The maximum absolute atomic E-state index is 12.5. The minimum atomic E-state index is -0.0298. The van der Waals surface area contributed by atoms with Gasteiger partial charge in [-0.15, -0.1) is 0 Å². The molecule has 2 saturated heterocycles. The van der Waals surface area contributed by atoms with Crippen LogP contribution in [0.4, 0.5) is 5.82 Å². The molecule has 2 bridgehead atoms. The molecule has 1 aromatic carbocycles. The second-order valence-corrected chi connectivity index (χ2v) is 7.70. The third-order valence-electron chi connectivity index (χ3n) is 5.87. The number of amides is 1. The Balaban J connectivity index is 1.35. The van der Waals surface area contributed by atoms with Gasteiger partial charge in [-0.3, -0.25) is 9.69 Å². The summed E-state index contributed by atoms with van der Waals surface area (Å²) in [6, 6.07) is 8.54. The predicted octanol–water partition coefficient (Wildman–Crippen LogP) is 2.36. The number of carbonyl (C=O) groups excluding carboxylic acids is 1. The minimum absolute atomic E-state index is 0.0298. The van der Waals surface area contributed by atoms with Crippen LogP contribution in [0.2, 0.25) is 0 Å². The topological polar surface area (TPSA) is 72.3 Å². The van der Waals surface area contributed by atoms with E-state index in [9.17, 15) is 4.79 Å². The molecule has 2 aliphatic heterocycles. The van der Waals surface area contributed by atoms with E-state index in [1.54, 1.807) is 6.20 Å². The van der Waals surface area contributed by atoms with Gasteiger partial charge in [0.1, 0.15) is 11.6 Å². The van der Waals surface area contributed by atoms with E-state index >= 15 is 0 Å². The lowest BCUT2D eigenvalue weighted by molar-refractivity contribution is -0.118. The lowest BCUT2D eigenvalue weighted by Crippen LogP contribution is -2.41. The molecule has 0 radical (unpaired) electrons. The van der Waals surface area contributed by atoms with Crippen LogP contribution in [0, 0.1) is 6.92 Å². The Bertz CT molecular complexity index is 1060. The monoisotopic (exact) mass is 377 g/mol. The molecule has 1 amide bonds. The van der Waals surface area contributed by atoms with E-state index in [4.69, 9.17) is 4.74 Å². The molecule has 2 fully saturated rings. The molecule has 1 N–H and O–H groups in total. The zero-order valence-electron chi connectivity index (χ0n) is 16.1. The lowest BCUT2D eigenvalue weighted by atomic mass is 10.1. The number of benzene rings is 1. The maximum Gasteiger partial charge on any atom is 0.239 e. The number of pyridine rings is 1. The number of imidazole rings is 1. The number of rotatable bonds is 4. The molecule has 144 valence electrons. The zero-order valence-corrected chi connectivity index (χ0v) is 16.1. The highest BCUT2D eigenvalue weighted by atomic mass is 16.5. The van der Waals surface area contributed by atoms with Gasteiger partial charge in [0.05, 0.1) is 31.1 Å². The van der Waals surface area contributed by atoms with Crippen LogP contribution in [0.3, 0.4) is 0 Å². The second-order valence-electron chi connectivity index (χ2n) is 7.70. The van der Waals surface area contributed by atoms with Crippen molar-refractivity contribution >= 4 is 22.5 Å². The highest BCUT2D eigenvalue weighted by Crippen LogP contribution is 2.28. The van der Waals surface area contributed by atoms with Crippen LogP contribution in [0.25, 0.3) is 22.0 Å². The highest BCUT2D eigenvalue weighted by molar-refractivity contribution is 5.94. The normalized spacial score (nSPS) is 21.5. The van der Waals surface area contributed by atoms with E-state index in [1.807, 2.05) is 32.3 Å². The first kappa shape index (κ1) is 17.3. The summed E-state index contributed by atoms with van der Waals surface area (Å²) >= 11 is 0. The van der Waals surface area contributed by atoms with Gasteiger partial charge in [-0.25, -0.2) is 9.97 Å². The fourth-order valence-corrected chi connectivity index (χ4v) is 4.18. The van der Waals surface area contributed by atoms with Gasteiger partial charge in [0.25, 0.3) is 0 Å². The van der Waals surface area contributed by atoms with E-state index < -0.39 is 0 Å². The number of nitrogens with one attached hydrogen (secondary N) is 1. The molecule has 0 unspecified atom stereocenters. The molecule has 2 atom stereocenters. The van der Waals surface area contributed by atoms with Crippen LogP contribution >= 0.6 is 0 Å². The van der Waals surface area contributed by atoms with Crippen LogP contribution in [-0.2, 0) is 16.6 Å². The molecule has 2 aromatic heterocycles. The molecular weight excluding hydrogens is 354 g/mol. The number of fused-ring (bicyclic) bond motifs is 3. The van der Waals surface area contributed by atoms with Crippen molar-refractivity contribution < 1.29 is 9.53 Å². The van der Waals surface area contributed by atoms with Gasteiger partial charge < -0.3 is 14.6 Å². The Morgan fingerprint density at radius 2 is 2.14 bits per heavy atom. The molecule has 7 heteroatoms. The average Bonchev–Trinajstić information content (AvgIpc) is 3.38. The number of hydrogen-bond donors (Lipinski definition) is 1. The van der Waals surface area contributed by atoms with Gasteiger partial charge in [0, 0.05) is 36.8 Å². The number of carbonyl (C=O) groups is 1. The van der Waals surface area contributed by atoms with E-state index in [2.05, 4.69) is 36.9 Å². The van der Waals surface area contributed by atoms with Gasteiger partial charge in [-0.2, -0.15) is 0 Å². The van der Waals surface area contributed by atoms with Crippen LogP contribution in [-0.4, -0.2) is 57.2 Å². The zero-order chi connectivity index (χ0) is 19.3. The van der Waals surface area contributed by atoms with Crippen molar-refractivity contribution in [2.24, 2.45) is 7.05 Å². The molecule has 28 heavy (non-hydrogen) atoms. The van der Waals surface area contributed by atoms with Gasteiger partial charge >= 0.3 is 0 Å². The Morgan fingerprint density at radius 1 is 1.25 bits per heavy atom. The number of likely N-dealkylation sites (tertiary alicyclic amines) is 1. The summed E-state index contributed by atoms with van der Waals surface area (Å²) in [4.78, 5) is 23.4. The lowest BCUT2D eigenvalue weighted by Gasteiger charge is -2.25. The summed E-state index contributed by atoms with van der Waals surface area (Å²) in [5.74, 6) is 1.52. The third-order valence-corrected chi connectivity index (χ3v) is 5.87. The predicted molar refractivity (Wildman–Crippen MR) is 107 cm³/mol. The summed E-state index contributed by atoms with van der Waals surface area (Å²) < 4.78 is 7.66. The maximum atomic E-state index is 12.5. The van der Waals surface area contributed by atoms with Gasteiger partial charge in [-0.05, 0) is 30.9 Å². The second kappa shape index (κ2) is 6.68. The number of aromatic nitrogens is 3. The van der Waals surface area contributed by atoms with Crippen LogP contribution in [0.1, 0.15) is 12.2 Å². The summed E-state index contributed by atoms with van der Waals surface area (Å²) in [6.45, 7) is 3.96. The van der Waals surface area contributed by atoms with Crippen molar-refractivity contribution in [3.8, 4) is 11.3 Å². The fourth-order valence-electron chi connectivity index (χ4n) is 4.18. The molecule has 7 nitrogen and oxygen atoms in total. The van der Waals surface area contributed by atoms with Gasteiger partial charge in [-0.1, -0.05) is 12.1 Å². The van der Waals surface area contributed by atoms with Crippen LogP contribution in [0.5, 0.6) is 0 Å². The van der Waals surface area contributed by atoms with E-state index in [1.165, 1.54) is 0 Å². The van der Waals surface area contributed by atoms with Crippen molar-refractivity contribution in [1.29, 1.82) is 0 Å². The minimum Gasteiger partial charge on any atom is -0.375 e. The highest BCUT2D eigenvalue weighted by Gasteiger charge is 2.39. The summed E-state index contributed by atoms with van der Waals surface area (Å²) in [5, 5.41) is 5.02. The van der Waals surface area contributed by atoms with Gasteiger partial charge in [0.15, 0.2) is 0 Å². The quantitative estimate of drug-likeness (QED) is 0.756. The number of anilines is 1. The molecule has 0 aliphatic carbocycles. The van der Waals surface area contributed by atoms with E-state index in [0.717, 1.165) is 47.4 Å². The number of hydrogen-bond acceptors (Lipinski definition) is 5. The Hall–Kier alpha value is -2.77. The Kier molecular flexibility index (Phi) is 4.14. The molecule has 3 aromatic rings. The first-order valence-electron chi connectivity index (χ1n) is 9.61. The number of nitrogens with zero attached hydrogens (tertiary/aromatic N) is 4. The SMILES string of the molecule is Cc1ncc(-c2ccc3cnc(NC(=O)CN4C[C@H]5C[C@@H]4CO5)cc3c2)n1C. The first-order chi connectivity index (χ1) is 13.6. The molecule has 2 aliphatic rings. The largest absolute Gasteiger partial charge is 0.375 e. The Labute approximate surface area is 163 Å². The first-order valence-corrected chi connectivity index (χ1v) is 9.61. The van der Waals surface area contributed by atoms with Gasteiger partial charge in [0.2, 0.25) is 5.91 Å². The molecule has 0 saturated carbocycles. The number of morpholine rings is 1. The van der Waals surface area contributed by atoms with Crippen molar-refractivity contribution in [2.45, 2.75) is 25.5 Å². The van der Waals surface area contributed by atoms with E-state index in [0.29, 0.717) is 24.5 Å². The molecule has 0 spiro atoms. The molecule has 4 heterocycles. The summed E-state index contributed by atoms with van der Waals surface area (Å²) in [7, 11) is 2.01. The Morgan fingerprint density at radius 3 is 2.86 bits per heavy atom. The number of ether oxygens (including phenoxy) is 1. The van der Waals surface area contributed by atoms with Crippen molar-refractivity contribution in [3.63, 3.8) is 0 Å². The smallest absolute Gasteiger partial charge is 0.239 e. The van der Waals surface area contributed by atoms with E-state index in [-0.39, 0.29) is 5.91 Å². The van der Waals surface area contributed by atoms with Crippen LogP contribution < -0.4 is 5.32 Å². The van der Waals surface area contributed by atoms with Crippen LogP contribution in [0.15, 0.2) is 36.7 Å². The fraction of sp³-hybridized carbons (Fsp3) is 0.381. The standard InChI is InChI=1S/C21H23N5O2/c1-13-22-9-19(25(13)2)14-3-4-15-8-23-20(6-16(15)5-14)24-21(27)11-26-10-18-7-17(26)12-28-18/h3-6,8-9,17-18H,7,10-12H2,1-2H3,(H,23,24,27)/t17-,18-/m1/s1. The molecule has 5 rings (SSSR count). The average molecular weight is 377 g/mol. The molecular formula is C21H23N5O2. The summed E-state index contributed by atoms with van der Waals surface area (Å²) in [5.41, 5.74) is 2.15. The van der Waals surface area contributed by atoms with Crippen molar-refractivity contribution in [1.82, 2.24) is 19.4 Å². The van der Waals surface area contributed by atoms with Crippen molar-refractivity contribution in [3.05, 3.63) is 42.5 Å². The van der Waals surface area contributed by atoms with Crippen molar-refractivity contribution in [2.75, 3.05) is 25.0 Å². The third kappa shape index (κ3) is 3.06. The summed E-state index contributed by atoms with van der Waals surface area (Å²) in [6.07, 6.45) is 5.02.